The van der Waals surface area contributed by atoms with Gasteiger partial charge in [0.25, 0.3) is 0 Å². The van der Waals surface area contributed by atoms with Gasteiger partial charge in [-0.05, 0) is 29.7 Å². The van der Waals surface area contributed by atoms with Crippen molar-refractivity contribution in [2.24, 2.45) is 0 Å². The van der Waals surface area contributed by atoms with Crippen LogP contribution in [-0.4, -0.2) is 31.8 Å². The van der Waals surface area contributed by atoms with E-state index in [0.29, 0.717) is 12.0 Å². The van der Waals surface area contributed by atoms with E-state index in [2.05, 4.69) is 6.92 Å². The summed E-state index contributed by atoms with van der Waals surface area (Å²) in [6.07, 6.45) is 5.82. The van der Waals surface area contributed by atoms with Crippen LogP contribution in [0.1, 0.15) is 71.7 Å². The number of hydrogen-bond donors (Lipinski definition) is 2. The van der Waals surface area contributed by atoms with Crippen LogP contribution >= 0.6 is 0 Å². The molecular weight excluding hydrogens is 462 g/mol. The number of ketones is 1. The summed E-state index contributed by atoms with van der Waals surface area (Å²) in [5.74, 6) is -1.54. The molecule has 3 rings (SSSR count). The second-order valence-electron chi connectivity index (χ2n) is 8.44. The Morgan fingerprint density at radius 1 is 0.771 bits per heavy atom. The van der Waals surface area contributed by atoms with Gasteiger partial charge < -0.3 is 5.11 Å². The topological polar surface area (TPSA) is 91.8 Å². The van der Waals surface area contributed by atoms with E-state index in [1.54, 1.807) is 12.1 Å². The number of unbranched alkanes of at least 4 members (excludes halogenated alkanes) is 5. The van der Waals surface area contributed by atoms with Gasteiger partial charge >= 0.3 is 5.97 Å². The van der Waals surface area contributed by atoms with Gasteiger partial charge in [-0.3, -0.25) is 9.10 Å². The lowest BCUT2D eigenvalue weighted by Crippen LogP contribution is -2.25. The third-order valence-electron chi connectivity index (χ3n) is 5.94. The number of aromatic carboxylic acids is 1. The minimum Gasteiger partial charge on any atom is -0.478 e. The van der Waals surface area contributed by atoms with Crippen molar-refractivity contribution in [2.75, 3.05) is 10.8 Å². The van der Waals surface area contributed by atoms with Crippen molar-refractivity contribution in [3.05, 3.63) is 89.5 Å². The number of carbonyl (C=O) groups excluding carboxylic acids is 1. The molecule has 0 aliphatic rings. The number of carboxylic acids is 1. The van der Waals surface area contributed by atoms with Crippen molar-refractivity contribution in [3.8, 4) is 11.1 Å². The highest BCUT2D eigenvalue weighted by atomic mass is 32.2. The van der Waals surface area contributed by atoms with E-state index < -0.39 is 16.9 Å². The van der Waals surface area contributed by atoms with Crippen LogP contribution in [0.5, 0.6) is 0 Å². The summed E-state index contributed by atoms with van der Waals surface area (Å²) in [6.45, 7) is 2.30. The molecule has 3 aromatic rings. The molecule has 0 heterocycles. The van der Waals surface area contributed by atoms with Gasteiger partial charge in [-0.1, -0.05) is 99.7 Å². The molecule has 0 saturated carbocycles. The number of carboxylic acid groups (broad SMARTS) is 1. The van der Waals surface area contributed by atoms with E-state index in [0.717, 1.165) is 47.5 Å². The summed E-state index contributed by atoms with van der Waals surface area (Å²) in [7, 11) is -3.07. The highest BCUT2D eigenvalue weighted by Crippen LogP contribution is 2.26. The first kappa shape index (κ1) is 26.2. The second-order valence-corrected chi connectivity index (χ2v) is 9.40. The molecule has 0 aromatic heterocycles. The maximum Gasteiger partial charge on any atom is 0.337 e. The minimum atomic E-state index is -3.07. The number of anilines is 1. The molecule has 0 aliphatic heterocycles. The normalized spacial score (nSPS) is 10.9. The van der Waals surface area contributed by atoms with Gasteiger partial charge in [-0.15, -0.1) is 0 Å². The lowest BCUT2D eigenvalue weighted by Gasteiger charge is -2.20. The molecule has 0 fully saturated rings. The number of hydrogen-bond acceptors (Lipinski definition) is 4. The molecular formula is C28H31NO5S. The zero-order valence-corrected chi connectivity index (χ0v) is 20.7. The molecule has 0 saturated heterocycles. The Bertz CT molecular complexity index is 1210. The first-order chi connectivity index (χ1) is 16.9. The molecule has 0 amide bonds. The first-order valence-electron chi connectivity index (χ1n) is 11.9. The Morgan fingerprint density at radius 2 is 1.37 bits per heavy atom. The number of benzene rings is 3. The third-order valence-corrected chi connectivity index (χ3v) is 6.75. The third kappa shape index (κ3) is 7.02. The van der Waals surface area contributed by atoms with Crippen molar-refractivity contribution in [1.82, 2.24) is 0 Å². The summed E-state index contributed by atoms with van der Waals surface area (Å²) in [5, 5.41) is 9.64. The average molecular weight is 494 g/mol. The molecule has 0 spiro atoms. The van der Waals surface area contributed by atoms with Crippen LogP contribution in [0.4, 0.5) is 5.69 Å². The molecule has 35 heavy (non-hydrogen) atoms. The lowest BCUT2D eigenvalue weighted by molar-refractivity contribution is 0.0697. The van der Waals surface area contributed by atoms with Gasteiger partial charge in [-0.25, -0.2) is 13.2 Å². The first-order valence-corrected chi connectivity index (χ1v) is 13.0. The summed E-state index contributed by atoms with van der Waals surface area (Å²) in [4.78, 5) is 25.0. The molecule has 0 radical (unpaired) electrons. The Kier molecular flexibility index (Phi) is 9.61. The van der Waals surface area contributed by atoms with Crippen molar-refractivity contribution in [3.63, 3.8) is 0 Å². The molecule has 6 nitrogen and oxygen atoms in total. The zero-order valence-electron chi connectivity index (χ0n) is 19.9. The van der Waals surface area contributed by atoms with Gasteiger partial charge in [0.15, 0.2) is 5.78 Å². The zero-order chi connectivity index (χ0) is 25.2. The van der Waals surface area contributed by atoms with E-state index >= 15 is 0 Å². The largest absolute Gasteiger partial charge is 0.478 e. The van der Waals surface area contributed by atoms with E-state index in [4.69, 9.17) is 0 Å². The maximum atomic E-state index is 13.2. The van der Waals surface area contributed by atoms with E-state index in [-0.39, 0.29) is 29.1 Å². The summed E-state index contributed by atoms with van der Waals surface area (Å²) < 4.78 is 25.2. The fourth-order valence-electron chi connectivity index (χ4n) is 4.01. The molecule has 184 valence electrons. The standard InChI is InChI=1S/C28H31NO5S/c1-2-3-4-5-6-10-19-29(35(33)34)26-20-24(17-18-25(26)28(31)32)27(30)23-15-13-22(14-16-23)21-11-8-7-9-12-21/h7-9,11-18,20,35H,2-6,10,19H2,1H3,(H,31,32). The van der Waals surface area contributed by atoms with Gasteiger partial charge in [0.2, 0.25) is 10.9 Å². The van der Waals surface area contributed by atoms with Crippen LogP contribution < -0.4 is 4.31 Å². The number of rotatable bonds is 13. The Morgan fingerprint density at radius 3 is 2.00 bits per heavy atom. The van der Waals surface area contributed by atoms with Crippen molar-refractivity contribution < 1.29 is 23.1 Å². The Labute approximate surface area is 208 Å². The molecule has 0 unspecified atom stereocenters. The monoisotopic (exact) mass is 493 g/mol. The highest BCUT2D eigenvalue weighted by molar-refractivity contribution is 7.74. The molecule has 0 bridgehead atoms. The molecule has 0 aliphatic carbocycles. The lowest BCUT2D eigenvalue weighted by atomic mass is 9.98. The summed E-state index contributed by atoms with van der Waals surface area (Å²) >= 11 is 0. The smallest absolute Gasteiger partial charge is 0.337 e. The average Bonchev–Trinajstić information content (AvgIpc) is 2.88. The van der Waals surface area contributed by atoms with Crippen LogP contribution in [-0.2, 0) is 10.9 Å². The van der Waals surface area contributed by atoms with Crippen LogP contribution in [0.3, 0.4) is 0 Å². The molecule has 1 N–H and O–H groups in total. The van der Waals surface area contributed by atoms with Gasteiger partial charge in [0.1, 0.15) is 0 Å². The summed E-state index contributed by atoms with van der Waals surface area (Å²) in [5.41, 5.74) is 2.55. The van der Waals surface area contributed by atoms with Crippen molar-refractivity contribution in [2.45, 2.75) is 45.4 Å². The SMILES string of the molecule is CCCCCCCCN(c1cc(C(=O)c2ccc(-c3ccccc3)cc2)ccc1C(=O)O)[SH](=O)=O. The van der Waals surface area contributed by atoms with Crippen LogP contribution in [0.2, 0.25) is 0 Å². The van der Waals surface area contributed by atoms with E-state index in [1.165, 1.54) is 18.2 Å². The van der Waals surface area contributed by atoms with Crippen molar-refractivity contribution >= 4 is 28.3 Å². The predicted octanol–water partition coefficient (Wildman–Crippen LogP) is 5.98. The Balaban J connectivity index is 1.84. The highest BCUT2D eigenvalue weighted by Gasteiger charge is 2.21. The number of thiol groups is 1. The fraction of sp³-hybridized carbons (Fsp3) is 0.286. The van der Waals surface area contributed by atoms with E-state index in [9.17, 15) is 23.1 Å². The molecule has 0 atom stereocenters. The number of carbonyl (C=O) groups is 2. The van der Waals surface area contributed by atoms with Gasteiger partial charge in [0, 0.05) is 17.7 Å². The summed E-state index contributed by atoms with van der Waals surface area (Å²) in [6, 6.07) is 21.0. The molecule has 3 aromatic carbocycles. The Hall–Kier alpha value is -3.45. The van der Waals surface area contributed by atoms with Crippen molar-refractivity contribution in [1.29, 1.82) is 0 Å². The molecule has 7 heteroatoms. The second kappa shape index (κ2) is 12.9. The van der Waals surface area contributed by atoms with Crippen LogP contribution in [0, 0.1) is 0 Å². The minimum absolute atomic E-state index is 0.0222. The van der Waals surface area contributed by atoms with Gasteiger partial charge in [0.05, 0.1) is 11.3 Å². The van der Waals surface area contributed by atoms with Crippen LogP contribution in [0.25, 0.3) is 11.1 Å². The maximum absolute atomic E-state index is 13.2. The quantitative estimate of drug-likeness (QED) is 0.174. The van der Waals surface area contributed by atoms with Gasteiger partial charge in [-0.2, -0.15) is 0 Å². The number of nitrogens with zero attached hydrogens (tertiary/aromatic N) is 1. The van der Waals surface area contributed by atoms with E-state index in [1.807, 2.05) is 42.5 Å². The predicted molar refractivity (Wildman–Crippen MR) is 140 cm³/mol. The van der Waals surface area contributed by atoms with Crippen LogP contribution in [0.15, 0.2) is 72.8 Å². The fourth-order valence-corrected chi connectivity index (χ4v) is 4.66.